The molecule has 4 aromatic heterocycles. The molecule has 6 nitrogen and oxygen atoms in total. The molecule has 2 N–H and O–H groups in total. The SMILES string of the molecule is Cc1[nH]ncc1-c1nc2ccc3[nH]nc(-c4ccncc4)c3c2c2c1CCCC2. The lowest BCUT2D eigenvalue weighted by atomic mass is 9.85. The van der Waals surface area contributed by atoms with Gasteiger partial charge in [0.15, 0.2) is 0 Å². The highest BCUT2D eigenvalue weighted by Gasteiger charge is 2.24. The van der Waals surface area contributed by atoms with Crippen molar-refractivity contribution in [2.45, 2.75) is 32.6 Å². The second-order valence-corrected chi connectivity index (χ2v) is 7.72. The Kier molecular flexibility index (Phi) is 3.53. The van der Waals surface area contributed by atoms with Crippen LogP contribution in [0.1, 0.15) is 29.7 Å². The average Bonchev–Trinajstić information content (AvgIpc) is 3.39. The zero-order valence-corrected chi connectivity index (χ0v) is 16.2. The number of H-pyrrole nitrogens is 2. The Morgan fingerprint density at radius 3 is 2.48 bits per heavy atom. The molecule has 6 heteroatoms. The zero-order valence-electron chi connectivity index (χ0n) is 16.2. The van der Waals surface area contributed by atoms with Crippen LogP contribution >= 0.6 is 0 Å². The number of benzene rings is 1. The van der Waals surface area contributed by atoms with Gasteiger partial charge in [-0.05, 0) is 68.0 Å². The number of fused-ring (bicyclic) bond motifs is 5. The van der Waals surface area contributed by atoms with Crippen molar-refractivity contribution >= 4 is 21.8 Å². The van der Waals surface area contributed by atoms with Crippen molar-refractivity contribution in [3.05, 3.63) is 59.7 Å². The lowest BCUT2D eigenvalue weighted by molar-refractivity contribution is 0.689. The van der Waals surface area contributed by atoms with Gasteiger partial charge in [-0.1, -0.05) is 0 Å². The largest absolute Gasteiger partial charge is 0.282 e. The molecule has 0 spiro atoms. The summed E-state index contributed by atoms with van der Waals surface area (Å²) >= 11 is 0. The first kappa shape index (κ1) is 16.4. The van der Waals surface area contributed by atoms with Gasteiger partial charge in [-0.3, -0.25) is 15.2 Å². The Morgan fingerprint density at radius 2 is 1.69 bits per heavy atom. The molecule has 4 heterocycles. The van der Waals surface area contributed by atoms with Gasteiger partial charge in [-0.2, -0.15) is 10.2 Å². The summed E-state index contributed by atoms with van der Waals surface area (Å²) in [7, 11) is 0. The summed E-state index contributed by atoms with van der Waals surface area (Å²) in [6.45, 7) is 2.06. The van der Waals surface area contributed by atoms with Gasteiger partial charge in [0.1, 0.15) is 5.69 Å². The van der Waals surface area contributed by atoms with Gasteiger partial charge in [0.25, 0.3) is 0 Å². The van der Waals surface area contributed by atoms with Crippen LogP contribution < -0.4 is 0 Å². The van der Waals surface area contributed by atoms with Crippen LogP contribution in [-0.2, 0) is 12.8 Å². The number of nitrogens with one attached hydrogen (secondary N) is 2. The van der Waals surface area contributed by atoms with Gasteiger partial charge in [-0.15, -0.1) is 0 Å². The summed E-state index contributed by atoms with van der Waals surface area (Å²) in [4.78, 5) is 9.30. The van der Waals surface area contributed by atoms with E-state index < -0.39 is 0 Å². The van der Waals surface area contributed by atoms with Gasteiger partial charge in [0, 0.05) is 40.0 Å². The average molecular weight is 380 g/mol. The number of aryl methyl sites for hydroxylation is 2. The molecule has 0 atom stereocenters. The van der Waals surface area contributed by atoms with Gasteiger partial charge in [0.2, 0.25) is 0 Å². The number of pyridine rings is 2. The number of aromatic nitrogens is 6. The minimum absolute atomic E-state index is 0.967. The molecular weight excluding hydrogens is 360 g/mol. The van der Waals surface area contributed by atoms with Crippen molar-refractivity contribution in [3.63, 3.8) is 0 Å². The Balaban J connectivity index is 1.74. The molecule has 0 radical (unpaired) electrons. The van der Waals surface area contributed by atoms with Gasteiger partial charge in [-0.25, -0.2) is 4.98 Å². The molecule has 0 unspecified atom stereocenters. The van der Waals surface area contributed by atoms with Crippen LogP contribution in [0.2, 0.25) is 0 Å². The highest BCUT2D eigenvalue weighted by molar-refractivity contribution is 6.13. The molecule has 1 aliphatic rings. The third kappa shape index (κ3) is 2.42. The van der Waals surface area contributed by atoms with E-state index in [0.29, 0.717) is 0 Å². The fraction of sp³-hybridized carbons (Fsp3) is 0.217. The normalized spacial score (nSPS) is 13.8. The van der Waals surface area contributed by atoms with Crippen LogP contribution in [0, 0.1) is 6.92 Å². The lowest BCUT2D eigenvalue weighted by Crippen LogP contribution is -2.08. The monoisotopic (exact) mass is 380 g/mol. The van der Waals surface area contributed by atoms with Crippen molar-refractivity contribution in [3.8, 4) is 22.5 Å². The number of hydrogen-bond donors (Lipinski definition) is 2. The Bertz CT molecular complexity index is 1360. The molecule has 0 aliphatic heterocycles. The summed E-state index contributed by atoms with van der Waals surface area (Å²) in [5, 5.41) is 17.6. The van der Waals surface area contributed by atoms with E-state index in [1.54, 1.807) is 0 Å². The lowest BCUT2D eigenvalue weighted by Gasteiger charge is -2.21. The predicted molar refractivity (Wildman–Crippen MR) is 114 cm³/mol. The van der Waals surface area contributed by atoms with Crippen LogP contribution in [-0.4, -0.2) is 30.4 Å². The van der Waals surface area contributed by atoms with Crippen LogP contribution in [0.15, 0.2) is 42.9 Å². The first-order valence-electron chi connectivity index (χ1n) is 10.0. The molecule has 1 aliphatic carbocycles. The van der Waals surface area contributed by atoms with Crippen LogP contribution in [0.3, 0.4) is 0 Å². The number of nitrogens with zero attached hydrogens (tertiary/aromatic N) is 4. The van der Waals surface area contributed by atoms with E-state index in [9.17, 15) is 0 Å². The molecule has 0 amide bonds. The molecule has 6 rings (SSSR count). The minimum atomic E-state index is 0.967. The quantitative estimate of drug-likeness (QED) is 0.463. The molecule has 0 saturated carbocycles. The van der Waals surface area contributed by atoms with E-state index in [-0.39, 0.29) is 0 Å². The topological polar surface area (TPSA) is 83.1 Å². The number of rotatable bonds is 2. The third-order valence-electron chi connectivity index (χ3n) is 6.03. The van der Waals surface area contributed by atoms with E-state index in [4.69, 9.17) is 4.98 Å². The molecule has 1 aromatic carbocycles. The maximum absolute atomic E-state index is 5.14. The molecule has 142 valence electrons. The van der Waals surface area contributed by atoms with Gasteiger partial charge >= 0.3 is 0 Å². The molecular formula is C23H20N6. The summed E-state index contributed by atoms with van der Waals surface area (Å²) in [5.41, 5.74) is 10.1. The Hall–Kier alpha value is -3.54. The van der Waals surface area contributed by atoms with Crippen molar-refractivity contribution in [2.24, 2.45) is 0 Å². The van der Waals surface area contributed by atoms with E-state index in [2.05, 4.69) is 44.4 Å². The maximum Gasteiger partial charge on any atom is 0.101 e. The van der Waals surface area contributed by atoms with E-state index >= 15 is 0 Å². The predicted octanol–water partition coefficient (Wildman–Crippen LogP) is 4.75. The first-order chi connectivity index (χ1) is 14.3. The van der Waals surface area contributed by atoms with Crippen molar-refractivity contribution in [1.82, 2.24) is 30.4 Å². The third-order valence-corrected chi connectivity index (χ3v) is 6.03. The minimum Gasteiger partial charge on any atom is -0.282 e. The van der Waals surface area contributed by atoms with Gasteiger partial charge < -0.3 is 0 Å². The summed E-state index contributed by atoms with van der Waals surface area (Å²) < 4.78 is 0. The molecule has 0 saturated heterocycles. The fourth-order valence-electron chi connectivity index (χ4n) is 4.66. The van der Waals surface area contributed by atoms with Gasteiger partial charge in [0.05, 0.1) is 22.9 Å². The van der Waals surface area contributed by atoms with Crippen LogP contribution in [0.25, 0.3) is 44.3 Å². The standard InChI is InChI=1S/C23H20N6/c1-13-17(12-25-27-13)23-16-5-3-2-4-15(16)20-18(26-23)6-7-19-21(20)22(29-28-19)14-8-10-24-11-9-14/h6-12H,2-5H2,1H3,(H,25,27)(H,28,29). The summed E-state index contributed by atoms with van der Waals surface area (Å²) in [5.74, 6) is 0. The molecule has 0 bridgehead atoms. The molecule has 5 aromatic rings. The van der Waals surface area contributed by atoms with Crippen molar-refractivity contribution in [2.75, 3.05) is 0 Å². The molecule has 29 heavy (non-hydrogen) atoms. The molecule has 0 fully saturated rings. The van der Waals surface area contributed by atoms with Crippen molar-refractivity contribution in [1.29, 1.82) is 0 Å². The second kappa shape index (κ2) is 6.24. The van der Waals surface area contributed by atoms with E-state index in [0.717, 1.165) is 57.5 Å². The second-order valence-electron chi connectivity index (χ2n) is 7.72. The highest BCUT2D eigenvalue weighted by Crippen LogP contribution is 2.40. The first-order valence-corrected chi connectivity index (χ1v) is 10.0. The number of aromatic amines is 2. The van der Waals surface area contributed by atoms with Crippen LogP contribution in [0.4, 0.5) is 0 Å². The van der Waals surface area contributed by atoms with E-state index in [1.165, 1.54) is 29.4 Å². The fourth-order valence-corrected chi connectivity index (χ4v) is 4.66. The maximum atomic E-state index is 5.14. The number of hydrogen-bond acceptors (Lipinski definition) is 4. The zero-order chi connectivity index (χ0) is 19.4. The van der Waals surface area contributed by atoms with Crippen LogP contribution in [0.5, 0.6) is 0 Å². The Labute approximate surface area is 167 Å². The summed E-state index contributed by atoms with van der Waals surface area (Å²) in [6, 6.07) is 8.22. The summed E-state index contributed by atoms with van der Waals surface area (Å²) in [6.07, 6.45) is 10.0. The van der Waals surface area contributed by atoms with E-state index in [1.807, 2.05) is 30.7 Å². The Morgan fingerprint density at radius 1 is 0.862 bits per heavy atom. The van der Waals surface area contributed by atoms with Crippen molar-refractivity contribution < 1.29 is 0 Å². The highest BCUT2D eigenvalue weighted by atomic mass is 15.1. The smallest absolute Gasteiger partial charge is 0.101 e.